The lowest BCUT2D eigenvalue weighted by Crippen LogP contribution is -2.51. The number of carbonyl (C=O) groups is 1. The smallest absolute Gasteiger partial charge is 0.222 e. The zero-order valence-corrected chi connectivity index (χ0v) is 23.7. The van der Waals surface area contributed by atoms with Crippen molar-refractivity contribution in [2.75, 3.05) is 13.1 Å². The number of unbranched alkanes of at least 4 members (excludes halogenated alkanes) is 2. The Kier molecular flexibility index (Phi) is 8.72. The Balaban J connectivity index is 1.23. The number of phenols is 1. The Labute approximate surface area is 229 Å². The van der Waals surface area contributed by atoms with E-state index in [1.807, 2.05) is 19.1 Å². The van der Waals surface area contributed by atoms with Crippen molar-refractivity contribution in [2.45, 2.75) is 122 Å². The number of amides is 1. The largest absolute Gasteiger partial charge is 0.508 e. The first kappa shape index (κ1) is 27.9. The van der Waals surface area contributed by atoms with Crippen molar-refractivity contribution in [3.8, 4) is 5.75 Å². The van der Waals surface area contributed by atoms with E-state index in [4.69, 9.17) is 0 Å². The Bertz CT molecular complexity index is 962. The first-order valence-corrected chi connectivity index (χ1v) is 15.7. The van der Waals surface area contributed by atoms with Crippen molar-refractivity contribution in [3.63, 3.8) is 0 Å². The molecule has 6 unspecified atom stereocenters. The molecule has 212 valence electrons. The Morgan fingerprint density at radius 2 is 1.89 bits per heavy atom. The molecule has 0 spiro atoms. The van der Waals surface area contributed by atoms with Crippen LogP contribution in [0.4, 0.5) is 4.39 Å². The van der Waals surface area contributed by atoms with Gasteiger partial charge >= 0.3 is 0 Å². The molecule has 3 saturated carbocycles. The minimum atomic E-state index is -0.950. The van der Waals surface area contributed by atoms with Crippen molar-refractivity contribution in [3.05, 3.63) is 29.3 Å². The van der Waals surface area contributed by atoms with Crippen LogP contribution in [0.1, 0.15) is 114 Å². The van der Waals surface area contributed by atoms with Crippen LogP contribution in [0.2, 0.25) is 0 Å². The summed E-state index contributed by atoms with van der Waals surface area (Å²) in [6, 6.07) is 5.55. The fourth-order valence-electron chi connectivity index (χ4n) is 9.14. The van der Waals surface area contributed by atoms with Gasteiger partial charge in [-0.15, -0.1) is 0 Å². The second-order valence-electron chi connectivity index (χ2n) is 13.4. The fraction of sp³-hybridized carbons (Fsp3) is 0.788. The van der Waals surface area contributed by atoms with Gasteiger partial charge in [-0.25, -0.2) is 4.39 Å². The number of alkyl halides is 1. The molecule has 4 aliphatic carbocycles. The second-order valence-corrected chi connectivity index (χ2v) is 13.4. The number of halogens is 1. The number of phenolic OH excluding ortho intramolecular Hbond substituents is 1. The van der Waals surface area contributed by atoms with Gasteiger partial charge in [0, 0.05) is 25.4 Å². The van der Waals surface area contributed by atoms with Crippen molar-refractivity contribution in [1.29, 1.82) is 0 Å². The lowest BCUT2D eigenvalue weighted by molar-refractivity contribution is -0.131. The molecule has 1 aromatic rings. The lowest BCUT2D eigenvalue weighted by atomic mass is 9.51. The number of hydrogen-bond acceptors (Lipinski definition) is 3. The molecule has 2 N–H and O–H groups in total. The summed E-state index contributed by atoms with van der Waals surface area (Å²) < 4.78 is 16.0. The molecule has 4 nitrogen and oxygen atoms in total. The molecule has 0 aromatic heterocycles. The zero-order valence-electron chi connectivity index (χ0n) is 23.7. The maximum atomic E-state index is 16.0. The van der Waals surface area contributed by atoms with E-state index in [1.165, 1.54) is 32.1 Å². The van der Waals surface area contributed by atoms with Crippen LogP contribution < -0.4 is 0 Å². The maximum Gasteiger partial charge on any atom is 0.222 e. The topological polar surface area (TPSA) is 60.8 Å². The molecule has 1 aromatic carbocycles. The van der Waals surface area contributed by atoms with Crippen LogP contribution in [0.5, 0.6) is 5.75 Å². The first-order chi connectivity index (χ1) is 18.3. The van der Waals surface area contributed by atoms with Crippen LogP contribution >= 0.6 is 0 Å². The average molecular weight is 528 g/mol. The molecule has 1 amide bonds. The van der Waals surface area contributed by atoms with Crippen molar-refractivity contribution in [2.24, 2.45) is 29.1 Å². The summed E-state index contributed by atoms with van der Waals surface area (Å²) in [4.78, 5) is 14.8. The van der Waals surface area contributed by atoms with E-state index in [0.29, 0.717) is 30.6 Å². The van der Waals surface area contributed by atoms with E-state index in [-0.39, 0.29) is 28.9 Å². The summed E-state index contributed by atoms with van der Waals surface area (Å²) in [6.45, 7) is 5.89. The summed E-state index contributed by atoms with van der Waals surface area (Å²) in [5.74, 6) is 2.09. The van der Waals surface area contributed by atoms with Gasteiger partial charge in [0.25, 0.3) is 0 Å². The average Bonchev–Trinajstić information content (AvgIpc) is 3.20. The molecule has 3 fully saturated rings. The molecule has 38 heavy (non-hydrogen) atoms. The molecule has 0 heterocycles. The summed E-state index contributed by atoms with van der Waals surface area (Å²) in [6.07, 6.45) is 13.1. The van der Waals surface area contributed by atoms with Crippen molar-refractivity contribution < 1.29 is 19.4 Å². The van der Waals surface area contributed by atoms with Gasteiger partial charge in [-0.1, -0.05) is 52.0 Å². The Morgan fingerprint density at radius 3 is 2.66 bits per heavy atom. The Hall–Kier alpha value is -1.62. The van der Waals surface area contributed by atoms with Crippen LogP contribution in [-0.2, 0) is 11.2 Å². The standard InChI is InChI=1S/C33H50FNO3/c1-3-30(38)35(21-22-10-6-4-7-11-22)17-9-5-8-12-23-18-24-19-25(36)13-14-26(24)32-28(34)20-33(2)27(31(23)32)15-16-29(33)37/h13-14,19,22-23,27-29,31-32,36-37H,3-12,15-18,20-21H2,1-2H3/t23?,27?,28?,29?,31?,32?,33-/m0/s1. The zero-order chi connectivity index (χ0) is 26.9. The van der Waals surface area contributed by atoms with Gasteiger partial charge in [-0.2, -0.15) is 0 Å². The second kappa shape index (κ2) is 11.9. The van der Waals surface area contributed by atoms with Crippen LogP contribution in [-0.4, -0.2) is 46.4 Å². The number of aliphatic hydroxyl groups excluding tert-OH is 1. The van der Waals surface area contributed by atoms with Gasteiger partial charge in [0.1, 0.15) is 11.9 Å². The highest BCUT2D eigenvalue weighted by Gasteiger charge is 2.59. The number of hydrogen-bond donors (Lipinski definition) is 2. The number of benzene rings is 1. The van der Waals surface area contributed by atoms with Gasteiger partial charge in [0.15, 0.2) is 0 Å². The van der Waals surface area contributed by atoms with E-state index < -0.39 is 12.3 Å². The highest BCUT2D eigenvalue weighted by Crippen LogP contribution is 2.63. The number of nitrogens with zero attached hydrogens (tertiary/aromatic N) is 1. The molecular weight excluding hydrogens is 477 g/mol. The van der Waals surface area contributed by atoms with E-state index in [1.54, 1.807) is 6.07 Å². The number of aromatic hydroxyl groups is 1. The minimum Gasteiger partial charge on any atom is -0.508 e. The predicted octanol–water partition coefficient (Wildman–Crippen LogP) is 7.16. The van der Waals surface area contributed by atoms with Gasteiger partial charge in [-0.3, -0.25) is 4.79 Å². The van der Waals surface area contributed by atoms with Crippen LogP contribution in [0.25, 0.3) is 0 Å². The summed E-state index contributed by atoms with van der Waals surface area (Å²) in [5, 5.41) is 21.0. The lowest BCUT2D eigenvalue weighted by Gasteiger charge is -2.54. The molecule has 5 rings (SSSR count). The van der Waals surface area contributed by atoms with Crippen LogP contribution in [0.3, 0.4) is 0 Å². The normalized spacial score (nSPS) is 34.8. The monoisotopic (exact) mass is 527 g/mol. The summed E-state index contributed by atoms with van der Waals surface area (Å²) >= 11 is 0. The van der Waals surface area contributed by atoms with Crippen molar-refractivity contribution in [1.82, 2.24) is 4.90 Å². The number of fused-ring (bicyclic) bond motifs is 5. The van der Waals surface area contributed by atoms with E-state index >= 15 is 4.39 Å². The quantitative estimate of drug-likeness (QED) is 0.335. The molecule has 5 heteroatoms. The highest BCUT2D eigenvalue weighted by molar-refractivity contribution is 5.75. The molecule has 7 atom stereocenters. The molecule has 0 aliphatic heterocycles. The van der Waals surface area contributed by atoms with Gasteiger partial charge in [0.2, 0.25) is 5.91 Å². The third kappa shape index (κ3) is 5.51. The number of carbonyl (C=O) groups excluding carboxylic acids is 1. The first-order valence-electron chi connectivity index (χ1n) is 15.7. The highest BCUT2D eigenvalue weighted by atomic mass is 19.1. The fourth-order valence-corrected chi connectivity index (χ4v) is 9.14. The van der Waals surface area contributed by atoms with Crippen molar-refractivity contribution >= 4 is 5.91 Å². The van der Waals surface area contributed by atoms with Gasteiger partial charge < -0.3 is 15.1 Å². The predicted molar refractivity (Wildman–Crippen MR) is 150 cm³/mol. The van der Waals surface area contributed by atoms with E-state index in [2.05, 4.69) is 11.8 Å². The maximum absolute atomic E-state index is 16.0. The Morgan fingerprint density at radius 1 is 1.11 bits per heavy atom. The number of aliphatic hydroxyl groups is 1. The summed E-state index contributed by atoms with van der Waals surface area (Å²) in [5.41, 5.74) is 1.89. The molecule has 0 saturated heterocycles. The SMILES string of the molecule is CCC(=O)N(CCCCCC1Cc2cc(O)ccc2C2C(F)C[C@]3(C)C(O)CCC3C12)CC1CCCCC1. The molecule has 0 radical (unpaired) electrons. The van der Waals surface area contributed by atoms with E-state index in [0.717, 1.165) is 69.2 Å². The minimum absolute atomic E-state index is 0.124. The van der Waals surface area contributed by atoms with Crippen LogP contribution in [0.15, 0.2) is 18.2 Å². The molecule has 4 aliphatic rings. The molecular formula is C33H50FNO3. The van der Waals surface area contributed by atoms with E-state index in [9.17, 15) is 15.0 Å². The van der Waals surface area contributed by atoms with Crippen LogP contribution in [0, 0.1) is 29.1 Å². The number of rotatable bonds is 9. The van der Waals surface area contributed by atoms with Gasteiger partial charge in [-0.05, 0) is 104 Å². The third-order valence-electron chi connectivity index (χ3n) is 11.1. The summed E-state index contributed by atoms with van der Waals surface area (Å²) in [7, 11) is 0. The van der Waals surface area contributed by atoms with Gasteiger partial charge in [0.05, 0.1) is 6.10 Å². The third-order valence-corrected chi connectivity index (χ3v) is 11.1. The molecule has 0 bridgehead atoms.